The molecule has 2 aromatic carbocycles. The second kappa shape index (κ2) is 7.37. The second-order valence-electron chi connectivity index (χ2n) is 6.81. The van der Waals surface area contributed by atoms with Gasteiger partial charge in [0.1, 0.15) is 5.92 Å². The lowest BCUT2D eigenvalue weighted by Gasteiger charge is -2.46. The highest BCUT2D eigenvalue weighted by Gasteiger charge is 2.49. The van der Waals surface area contributed by atoms with Gasteiger partial charge in [-0.25, -0.2) is 0 Å². The van der Waals surface area contributed by atoms with Gasteiger partial charge >= 0.3 is 0 Å². The fourth-order valence-corrected chi connectivity index (χ4v) is 4.47. The van der Waals surface area contributed by atoms with Gasteiger partial charge < -0.3 is 0 Å². The van der Waals surface area contributed by atoms with E-state index in [-0.39, 0.29) is 5.92 Å². The zero-order chi connectivity index (χ0) is 17.7. The highest BCUT2D eigenvalue weighted by Crippen LogP contribution is 2.50. The van der Waals surface area contributed by atoms with E-state index in [0.29, 0.717) is 6.42 Å². The summed E-state index contributed by atoms with van der Waals surface area (Å²) < 4.78 is 0. The van der Waals surface area contributed by atoms with Crippen molar-refractivity contribution in [1.29, 1.82) is 10.5 Å². The van der Waals surface area contributed by atoms with Crippen LogP contribution in [0.4, 0.5) is 0 Å². The molecule has 0 heterocycles. The van der Waals surface area contributed by atoms with Crippen LogP contribution in [0.15, 0.2) is 67.3 Å². The molecule has 0 radical (unpaired) electrons. The van der Waals surface area contributed by atoms with Crippen LogP contribution in [-0.2, 0) is 18.3 Å². The molecule has 0 aliphatic heterocycles. The molecule has 2 aromatic rings. The monoisotopic (exact) mass is 326 g/mol. The first kappa shape index (κ1) is 17.0. The van der Waals surface area contributed by atoms with E-state index < -0.39 is 11.3 Å². The lowest BCUT2D eigenvalue weighted by atomic mass is 9.55. The van der Waals surface area contributed by atoms with E-state index in [9.17, 15) is 10.5 Å². The van der Waals surface area contributed by atoms with Crippen LogP contribution in [0.3, 0.4) is 0 Å². The minimum Gasteiger partial charge on any atom is -0.197 e. The first-order valence-corrected chi connectivity index (χ1v) is 8.78. The van der Waals surface area contributed by atoms with Crippen LogP contribution in [0.5, 0.6) is 0 Å². The summed E-state index contributed by atoms with van der Waals surface area (Å²) in [6, 6.07) is 23.3. The second-order valence-corrected chi connectivity index (χ2v) is 6.81. The topological polar surface area (TPSA) is 47.6 Å². The Morgan fingerprint density at radius 3 is 2.44 bits per heavy atom. The van der Waals surface area contributed by atoms with Crippen LogP contribution in [0.25, 0.3) is 0 Å². The van der Waals surface area contributed by atoms with Crippen LogP contribution in [0, 0.1) is 34.5 Å². The lowest BCUT2D eigenvalue weighted by Crippen LogP contribution is -2.45. The van der Waals surface area contributed by atoms with Crippen LogP contribution in [0.2, 0.25) is 0 Å². The highest BCUT2D eigenvalue weighted by molar-refractivity contribution is 5.43. The predicted molar refractivity (Wildman–Crippen MR) is 99.6 cm³/mol. The Hall–Kier alpha value is -2.84. The average molecular weight is 326 g/mol. The molecule has 0 amide bonds. The van der Waals surface area contributed by atoms with Gasteiger partial charge in [0.2, 0.25) is 0 Å². The van der Waals surface area contributed by atoms with Gasteiger partial charge in [-0.05, 0) is 48.3 Å². The van der Waals surface area contributed by atoms with Gasteiger partial charge in [-0.2, -0.15) is 10.5 Å². The quantitative estimate of drug-likeness (QED) is 0.728. The largest absolute Gasteiger partial charge is 0.197 e. The molecule has 1 aliphatic rings. The summed E-state index contributed by atoms with van der Waals surface area (Å²) in [6.45, 7) is 3.95. The number of allylic oxidation sites excluding steroid dienone is 1. The minimum atomic E-state index is -0.680. The van der Waals surface area contributed by atoms with Crippen molar-refractivity contribution in [3.63, 3.8) is 0 Å². The maximum atomic E-state index is 9.77. The third kappa shape index (κ3) is 2.97. The predicted octanol–water partition coefficient (Wildman–Crippen LogP) is 4.97. The third-order valence-electron chi connectivity index (χ3n) is 5.59. The van der Waals surface area contributed by atoms with Crippen molar-refractivity contribution in [2.45, 2.75) is 31.1 Å². The Labute approximate surface area is 150 Å². The van der Waals surface area contributed by atoms with E-state index in [1.54, 1.807) is 0 Å². The molecule has 0 bridgehead atoms. The lowest BCUT2D eigenvalue weighted by molar-refractivity contribution is 0.202. The molecule has 1 aliphatic carbocycles. The summed E-state index contributed by atoms with van der Waals surface area (Å²) in [5.41, 5.74) is 3.20. The van der Waals surface area contributed by atoms with Crippen molar-refractivity contribution in [2.24, 2.45) is 11.8 Å². The van der Waals surface area contributed by atoms with Gasteiger partial charge in [-0.3, -0.25) is 0 Å². The fraction of sp³-hybridized carbons (Fsp3) is 0.304. The summed E-state index contributed by atoms with van der Waals surface area (Å²) in [4.78, 5) is 0. The smallest absolute Gasteiger partial charge is 0.143 e. The van der Waals surface area contributed by atoms with Crippen molar-refractivity contribution < 1.29 is 0 Å². The first-order valence-electron chi connectivity index (χ1n) is 8.78. The zero-order valence-corrected chi connectivity index (χ0v) is 14.4. The Kier molecular flexibility index (Phi) is 5.01. The Balaban J connectivity index is 2.15. The zero-order valence-electron chi connectivity index (χ0n) is 14.4. The SMILES string of the molecule is C=CC[C@]1(C(C#N)C#N)c2ccccc2CC[C@@H]1Cc1ccccc1. The summed E-state index contributed by atoms with van der Waals surface area (Å²) in [5, 5.41) is 19.5. The van der Waals surface area contributed by atoms with Crippen molar-refractivity contribution in [1.82, 2.24) is 0 Å². The molecule has 2 nitrogen and oxygen atoms in total. The molecule has 124 valence electrons. The Morgan fingerprint density at radius 1 is 1.08 bits per heavy atom. The molecule has 0 aromatic heterocycles. The number of aryl methyl sites for hydroxylation is 1. The highest BCUT2D eigenvalue weighted by atomic mass is 14.5. The maximum Gasteiger partial charge on any atom is 0.143 e. The van der Waals surface area contributed by atoms with Crippen molar-refractivity contribution >= 4 is 0 Å². The van der Waals surface area contributed by atoms with Crippen molar-refractivity contribution in [3.05, 3.63) is 83.9 Å². The molecule has 2 heteroatoms. The molecular weight excluding hydrogens is 304 g/mol. The Bertz CT molecular complexity index is 811. The van der Waals surface area contributed by atoms with E-state index in [1.807, 2.05) is 36.4 Å². The number of nitrogens with zero attached hydrogens (tertiary/aromatic N) is 2. The minimum absolute atomic E-state index is 0.243. The summed E-state index contributed by atoms with van der Waals surface area (Å²) >= 11 is 0. The number of fused-ring (bicyclic) bond motifs is 1. The molecule has 3 rings (SSSR count). The number of benzene rings is 2. The third-order valence-corrected chi connectivity index (χ3v) is 5.59. The molecule has 2 atom stereocenters. The van der Waals surface area contributed by atoms with Gasteiger partial charge in [0.05, 0.1) is 12.1 Å². The number of hydrogen-bond donors (Lipinski definition) is 0. The number of nitriles is 2. The average Bonchev–Trinajstić information content (AvgIpc) is 2.66. The summed E-state index contributed by atoms with van der Waals surface area (Å²) in [6.07, 6.45) is 5.38. The molecule has 0 saturated carbocycles. The number of hydrogen-bond acceptors (Lipinski definition) is 2. The van der Waals surface area contributed by atoms with Crippen LogP contribution in [-0.4, -0.2) is 0 Å². The molecule has 0 spiro atoms. The van der Waals surface area contributed by atoms with Gasteiger partial charge in [0.15, 0.2) is 0 Å². The summed E-state index contributed by atoms with van der Waals surface area (Å²) in [7, 11) is 0. The maximum absolute atomic E-state index is 9.77. The van der Waals surface area contributed by atoms with E-state index in [2.05, 4.69) is 43.0 Å². The van der Waals surface area contributed by atoms with E-state index in [0.717, 1.165) is 24.8 Å². The number of rotatable bonds is 5. The summed E-state index contributed by atoms with van der Waals surface area (Å²) in [5.74, 6) is -0.437. The molecule has 25 heavy (non-hydrogen) atoms. The first-order chi connectivity index (χ1) is 12.3. The van der Waals surface area contributed by atoms with E-state index >= 15 is 0 Å². The Morgan fingerprint density at radius 2 is 1.76 bits per heavy atom. The van der Waals surface area contributed by atoms with Crippen LogP contribution in [0.1, 0.15) is 29.5 Å². The normalized spacial score (nSPS) is 21.8. The van der Waals surface area contributed by atoms with E-state index in [4.69, 9.17) is 0 Å². The van der Waals surface area contributed by atoms with Crippen LogP contribution >= 0.6 is 0 Å². The van der Waals surface area contributed by atoms with Crippen molar-refractivity contribution in [2.75, 3.05) is 0 Å². The molecule has 0 N–H and O–H groups in total. The van der Waals surface area contributed by atoms with Gasteiger partial charge in [0.25, 0.3) is 0 Å². The van der Waals surface area contributed by atoms with Gasteiger partial charge in [-0.15, -0.1) is 6.58 Å². The molecule has 0 fully saturated rings. The van der Waals surface area contributed by atoms with Crippen LogP contribution < -0.4 is 0 Å². The van der Waals surface area contributed by atoms with Gasteiger partial charge in [0, 0.05) is 5.41 Å². The fourth-order valence-electron chi connectivity index (χ4n) is 4.47. The molecule has 0 saturated heterocycles. The molecule has 0 unspecified atom stereocenters. The van der Waals surface area contributed by atoms with Crippen molar-refractivity contribution in [3.8, 4) is 12.1 Å². The van der Waals surface area contributed by atoms with Gasteiger partial charge in [-0.1, -0.05) is 60.7 Å². The molecular formula is C23H22N2. The standard InChI is InChI=1S/C23H22N2/c1-2-14-23(21(16-24)17-25)20(15-18-8-4-3-5-9-18)13-12-19-10-6-7-11-22(19)23/h2-11,20-21H,1,12-15H2/t20-,23+/m1/s1. The van der Waals surface area contributed by atoms with E-state index in [1.165, 1.54) is 11.1 Å².